The predicted molar refractivity (Wildman–Crippen MR) is 580 cm³/mol. The third kappa shape index (κ3) is 33.1. The van der Waals surface area contributed by atoms with Gasteiger partial charge in [-0.2, -0.15) is 0 Å². The summed E-state index contributed by atoms with van der Waals surface area (Å²) in [6.45, 7) is 11.8. The highest BCUT2D eigenvalue weighted by molar-refractivity contribution is 6.34. The van der Waals surface area contributed by atoms with Crippen LogP contribution in [0.3, 0.4) is 0 Å². The van der Waals surface area contributed by atoms with E-state index in [0.29, 0.717) is 107 Å². The number of nitrogens with zero attached hydrogens (tertiary/aromatic N) is 19. The Bertz CT molecular complexity index is 7280. The average Bonchev–Trinajstić information content (AvgIpc) is 0.825. The van der Waals surface area contributed by atoms with Crippen molar-refractivity contribution in [3.05, 3.63) is 444 Å². The first-order chi connectivity index (χ1) is 72.0. The Labute approximate surface area is 878 Å². The highest BCUT2D eigenvalue weighted by Crippen LogP contribution is 2.37. The smallest absolute Gasteiger partial charge is 0.274 e. The second-order valence-electron chi connectivity index (χ2n) is 32.3. The van der Waals surface area contributed by atoms with Crippen LogP contribution in [-0.4, -0.2) is 145 Å². The third-order valence-corrected chi connectivity index (χ3v) is 21.9. The molecule has 0 atom stereocenters. The first-order valence-electron chi connectivity index (χ1n) is 45.5. The number of benzene rings is 9. The van der Waals surface area contributed by atoms with Gasteiger partial charge in [0.2, 0.25) is 0 Å². The van der Waals surface area contributed by atoms with Crippen molar-refractivity contribution in [1.82, 2.24) is 74.8 Å². The number of carbonyl (C=O) groups excluding carboxylic acids is 6. The maximum Gasteiger partial charge on any atom is 0.274 e. The van der Waals surface area contributed by atoms with Crippen LogP contribution < -0.4 is 65.7 Å². The van der Waals surface area contributed by atoms with Crippen LogP contribution in [0, 0.1) is 46.3 Å². The van der Waals surface area contributed by atoms with Crippen molar-refractivity contribution in [2.45, 2.75) is 49.0 Å². The molecule has 18 aromatic rings. The Hall–Kier alpha value is -18.9. The quantitative estimate of drug-likeness (QED) is 0.0293. The van der Waals surface area contributed by atoms with Gasteiger partial charge in [-0.3, -0.25) is 33.8 Å². The number of ether oxygens (including phenoxy) is 3. The fraction of sp³-hybridized carbons (Fsp3) is 0.108. The molecule has 0 saturated carbocycles. The second-order valence-corrected chi connectivity index (χ2v) is 33.6. The molecule has 0 spiro atoms. The largest absolute Gasteiger partial charge is 0.494 e. The number of pyridine rings is 3. The number of rotatable bonds is 26. The van der Waals surface area contributed by atoms with Crippen molar-refractivity contribution < 1.29 is 51.8 Å². The molecule has 0 fully saturated rings. The minimum absolute atomic E-state index is 0. The maximum atomic E-state index is 14.2. The summed E-state index contributed by atoms with van der Waals surface area (Å²) in [5, 5.41) is 18.4. The predicted octanol–water partition coefficient (Wildman–Crippen LogP) is 24.0. The monoisotopic (exact) mass is 2070 g/mol. The number of halogens is 5. The van der Waals surface area contributed by atoms with E-state index in [-0.39, 0.29) is 54.1 Å². The summed E-state index contributed by atoms with van der Waals surface area (Å²) in [7, 11) is 7.35. The van der Waals surface area contributed by atoms with Gasteiger partial charge in [-0.25, -0.2) is 78.6 Å². The molecule has 0 bridgehead atoms. The molecule has 0 radical (unpaired) electrons. The summed E-state index contributed by atoms with van der Waals surface area (Å²) < 4.78 is 44.5. The molecule has 9 aromatic carbocycles. The lowest BCUT2D eigenvalue weighted by atomic mass is 10.1. The SMILES string of the molecule is C.CCOc1ccnc(C(=O)Nc2cc(F)cc(Oc3cncnc3)c2)c1.Cc1cccc(C(=O)Nc2cc(Cl)cc(Oc3cncnc3)c2)c1.Cc1cccc(C(=O)Nc2ccc(Cl)c(N(C)c3cncnc3)c2)c1.Cc1cccc(C(=O)Nc2ccc(Cl)c(N(C)c3cncnc3)c2)n1.Cc1cccc(C(=O)Nc2ccc(F)c(N(C)c3cncnc3)c2)n1.Cc1cccc(C(=O)Nc2cccc(N(C)c3cncnc3)c2)c1. The van der Waals surface area contributed by atoms with E-state index in [4.69, 9.17) is 49.0 Å². The van der Waals surface area contributed by atoms with Crippen LogP contribution >= 0.6 is 34.8 Å². The molecule has 6 N–H and O–H groups in total. The fourth-order valence-corrected chi connectivity index (χ4v) is 14.5. The molecule has 0 aliphatic carbocycles. The van der Waals surface area contributed by atoms with E-state index in [1.54, 1.807) is 177 Å². The van der Waals surface area contributed by atoms with Gasteiger partial charge in [0.05, 0.1) is 131 Å². The number of aryl methyl sites for hydroxylation is 5. The number of nitrogens with one attached hydrogen (secondary N) is 6. The molecular formula is C111H100Cl3F2N25O9. The minimum atomic E-state index is -0.564. The van der Waals surface area contributed by atoms with E-state index < -0.39 is 17.5 Å². The van der Waals surface area contributed by atoms with Gasteiger partial charge in [0.25, 0.3) is 35.4 Å². The summed E-state index contributed by atoms with van der Waals surface area (Å²) >= 11 is 18.7. The fourth-order valence-electron chi connectivity index (χ4n) is 13.8. The lowest BCUT2D eigenvalue weighted by molar-refractivity contribution is 0.101. The first kappa shape index (κ1) is 110. The summed E-state index contributed by atoms with van der Waals surface area (Å²) in [5.41, 5.74) is 16.3. The zero-order valence-electron chi connectivity index (χ0n) is 81.8. The Morgan fingerprint density at radius 2 is 0.660 bits per heavy atom. The normalized spacial score (nSPS) is 10.2. The lowest BCUT2D eigenvalue weighted by Crippen LogP contribution is -2.16. The van der Waals surface area contributed by atoms with Crippen LogP contribution in [0.1, 0.15) is 105 Å². The van der Waals surface area contributed by atoms with Crippen molar-refractivity contribution in [1.29, 1.82) is 0 Å². The molecule has 9 aromatic heterocycles. The Balaban J connectivity index is 0.000000159. The van der Waals surface area contributed by atoms with Crippen LogP contribution in [0.4, 0.5) is 88.4 Å². The van der Waals surface area contributed by atoms with Crippen molar-refractivity contribution in [3.63, 3.8) is 0 Å². The third-order valence-electron chi connectivity index (χ3n) is 21.1. The van der Waals surface area contributed by atoms with E-state index in [9.17, 15) is 37.5 Å². The van der Waals surface area contributed by atoms with E-state index >= 15 is 0 Å². The van der Waals surface area contributed by atoms with Crippen molar-refractivity contribution in [2.75, 3.05) is 86.3 Å². The van der Waals surface area contributed by atoms with E-state index in [2.05, 4.69) is 107 Å². The molecule has 6 amide bonds. The standard InChI is InChI=1S/C19H17ClN4O.C19H18N4O.C18H16ClN5O.C18H14ClN3O2.C18H16FN5O.C18H15FN4O3.CH4/c1-13-4-3-5-14(8-13)19(25)23-15-6-7-17(20)18(9-15)24(2)16-10-21-12-22-11-16;1-14-5-3-6-15(9-14)19(24)22-16-7-4-8-17(10-16)23(2)18-11-20-13-21-12-18;1-12-4-3-5-16(22-12)18(25)23-13-6-7-15(19)17(8-13)24(2)14-9-20-11-21-10-14;1-12-3-2-4-13(5-12)18(23)22-15-6-14(19)7-16(8-15)24-17-9-20-11-21-10-17;1-12-4-3-5-16(22-12)18(25)23-13-6-7-15(19)17(8-13)24(2)14-9-20-11-21-10-14;1-2-25-14-3-4-22-17(8-14)18(24)23-13-5-12(19)6-15(7-13)26-16-9-20-11-21-10-16;/h3-12H,1-2H3,(H,23,25);3-13H,1-2H3,(H,22,24);3-11H,1-2H3,(H,23,25);2-11H,1H3,(H,22,23);3-11H,1-2H3,(H,23,25);3-11H,2H2,1H3,(H,23,24);1H4. The molecule has 34 nitrogen and oxygen atoms in total. The maximum absolute atomic E-state index is 14.2. The summed E-state index contributed by atoms with van der Waals surface area (Å²) in [4.78, 5) is 141. The number of hydrogen-bond donors (Lipinski definition) is 6. The van der Waals surface area contributed by atoms with Gasteiger partial charge in [-0.05, 0) is 199 Å². The van der Waals surface area contributed by atoms with Gasteiger partial charge in [0, 0.05) is 132 Å². The van der Waals surface area contributed by atoms with Crippen molar-refractivity contribution >= 4 is 150 Å². The number of hydrogen-bond acceptors (Lipinski definition) is 28. The highest BCUT2D eigenvalue weighted by Gasteiger charge is 2.21. The highest BCUT2D eigenvalue weighted by atomic mass is 35.5. The summed E-state index contributed by atoms with van der Waals surface area (Å²) in [6, 6.07) is 67.5. The Morgan fingerprint density at radius 1 is 0.307 bits per heavy atom. The van der Waals surface area contributed by atoms with Crippen molar-refractivity contribution in [3.8, 4) is 28.7 Å². The molecule has 39 heteroatoms. The molecule has 150 heavy (non-hydrogen) atoms. The molecule has 0 saturated heterocycles. The van der Waals surface area contributed by atoms with Gasteiger partial charge in [0.1, 0.15) is 83.9 Å². The van der Waals surface area contributed by atoms with Gasteiger partial charge in [-0.15, -0.1) is 0 Å². The molecule has 758 valence electrons. The van der Waals surface area contributed by atoms with Gasteiger partial charge in [-0.1, -0.05) is 114 Å². The average molecular weight is 2070 g/mol. The van der Waals surface area contributed by atoms with E-state index in [1.807, 2.05) is 174 Å². The molecule has 18 rings (SSSR count). The van der Waals surface area contributed by atoms with Crippen LogP contribution in [0.2, 0.25) is 15.1 Å². The molecular weight excluding hydrogens is 1970 g/mol. The van der Waals surface area contributed by atoms with E-state index in [0.717, 1.165) is 67.9 Å². The number of anilines is 14. The first-order valence-corrected chi connectivity index (χ1v) is 46.6. The van der Waals surface area contributed by atoms with Crippen LogP contribution in [0.15, 0.2) is 355 Å². The lowest BCUT2D eigenvalue weighted by Gasteiger charge is -2.20. The van der Waals surface area contributed by atoms with Crippen molar-refractivity contribution in [2.24, 2.45) is 0 Å². The Morgan fingerprint density at radius 3 is 1.09 bits per heavy atom. The molecule has 0 unspecified atom stereocenters. The van der Waals surface area contributed by atoms with Crippen LogP contribution in [0.25, 0.3) is 0 Å². The minimum Gasteiger partial charge on any atom is -0.494 e. The van der Waals surface area contributed by atoms with Gasteiger partial charge < -0.3 is 65.7 Å². The number of amides is 6. The van der Waals surface area contributed by atoms with Crippen LogP contribution in [0.5, 0.6) is 28.7 Å². The van der Waals surface area contributed by atoms with Gasteiger partial charge in [0.15, 0.2) is 11.5 Å². The van der Waals surface area contributed by atoms with Gasteiger partial charge >= 0.3 is 0 Å². The van der Waals surface area contributed by atoms with E-state index in [1.165, 1.54) is 93.0 Å². The van der Waals surface area contributed by atoms with Crippen LogP contribution in [-0.2, 0) is 0 Å². The topological polar surface area (TPSA) is 409 Å². The molecule has 9 heterocycles. The molecule has 0 aliphatic heterocycles. The summed E-state index contributed by atoms with van der Waals surface area (Å²) in [6.07, 6.45) is 29.4. The zero-order chi connectivity index (χ0) is 106. The number of aromatic nitrogens is 15. The number of carbonyl (C=O) groups is 6. The zero-order valence-corrected chi connectivity index (χ0v) is 84.0. The molecule has 0 aliphatic rings. The summed E-state index contributed by atoms with van der Waals surface area (Å²) in [5.74, 6) is -0.566. The second kappa shape index (κ2) is 54.7. The Kier molecular flexibility index (Phi) is 40.0.